The molecule has 0 aromatic carbocycles. The van der Waals surface area contributed by atoms with E-state index in [0.29, 0.717) is 17.3 Å². The van der Waals surface area contributed by atoms with Crippen LogP contribution in [0.4, 0.5) is 5.69 Å². The lowest BCUT2D eigenvalue weighted by Crippen LogP contribution is -2.56. The van der Waals surface area contributed by atoms with Crippen LogP contribution in [0.2, 0.25) is 0 Å². The normalized spacial score (nSPS) is 23.2. The standard InChI is InChI=1S/C14H21N5O/c15-17-13-4-5-16-9-12(13)14(20)19-8-7-18-6-2-1-3-11(18)10-19/h4-5,9,11H,1-3,6-8,10,15H2,(H,16,17). The zero-order valence-electron chi connectivity index (χ0n) is 11.6. The lowest BCUT2D eigenvalue weighted by molar-refractivity contribution is 0.0373. The van der Waals surface area contributed by atoms with Crippen LogP contribution < -0.4 is 11.3 Å². The van der Waals surface area contributed by atoms with Crippen molar-refractivity contribution in [3.05, 3.63) is 24.0 Å². The number of nitrogens with zero attached hydrogens (tertiary/aromatic N) is 3. The molecule has 108 valence electrons. The van der Waals surface area contributed by atoms with Crippen LogP contribution in [0.3, 0.4) is 0 Å². The molecule has 1 amide bonds. The Morgan fingerprint density at radius 2 is 2.25 bits per heavy atom. The second-order valence-corrected chi connectivity index (χ2v) is 5.50. The molecular formula is C14H21N5O. The summed E-state index contributed by atoms with van der Waals surface area (Å²) >= 11 is 0. The summed E-state index contributed by atoms with van der Waals surface area (Å²) in [6.07, 6.45) is 6.97. The van der Waals surface area contributed by atoms with Gasteiger partial charge in [-0.15, -0.1) is 0 Å². The first-order valence-corrected chi connectivity index (χ1v) is 7.23. The molecule has 0 bridgehead atoms. The number of nitrogen functional groups attached to an aromatic ring is 1. The highest BCUT2D eigenvalue weighted by Gasteiger charge is 2.31. The number of piperidine rings is 1. The predicted molar refractivity (Wildman–Crippen MR) is 77.2 cm³/mol. The Balaban J connectivity index is 1.74. The van der Waals surface area contributed by atoms with Crippen molar-refractivity contribution in [1.29, 1.82) is 0 Å². The van der Waals surface area contributed by atoms with Gasteiger partial charge in [-0.25, -0.2) is 0 Å². The van der Waals surface area contributed by atoms with Crippen molar-refractivity contribution >= 4 is 11.6 Å². The minimum Gasteiger partial charge on any atom is -0.336 e. The lowest BCUT2D eigenvalue weighted by atomic mass is 9.99. The van der Waals surface area contributed by atoms with Crippen molar-refractivity contribution in [1.82, 2.24) is 14.8 Å². The number of piperazine rings is 1. The zero-order chi connectivity index (χ0) is 13.9. The molecule has 2 aliphatic heterocycles. The molecule has 6 nitrogen and oxygen atoms in total. The third-order valence-electron chi connectivity index (χ3n) is 4.33. The number of hydrazine groups is 1. The number of carbonyl (C=O) groups is 1. The number of aromatic nitrogens is 1. The van der Waals surface area contributed by atoms with E-state index in [-0.39, 0.29) is 5.91 Å². The SMILES string of the molecule is NNc1ccncc1C(=O)N1CCN2CCCCC2C1. The Bertz CT molecular complexity index is 492. The van der Waals surface area contributed by atoms with Crippen LogP contribution in [-0.4, -0.2) is 52.9 Å². The van der Waals surface area contributed by atoms with Gasteiger partial charge < -0.3 is 10.3 Å². The van der Waals surface area contributed by atoms with Crippen molar-refractivity contribution < 1.29 is 4.79 Å². The molecule has 2 aliphatic rings. The van der Waals surface area contributed by atoms with Crippen LogP contribution in [0.1, 0.15) is 29.6 Å². The fraction of sp³-hybridized carbons (Fsp3) is 0.571. The molecule has 6 heteroatoms. The Morgan fingerprint density at radius 1 is 1.35 bits per heavy atom. The average Bonchev–Trinajstić information content (AvgIpc) is 2.53. The first kappa shape index (κ1) is 13.3. The molecule has 3 heterocycles. The van der Waals surface area contributed by atoms with Crippen LogP contribution in [-0.2, 0) is 0 Å². The van der Waals surface area contributed by atoms with Crippen LogP contribution >= 0.6 is 0 Å². The summed E-state index contributed by atoms with van der Waals surface area (Å²) in [5, 5.41) is 0. The number of nitrogens with one attached hydrogen (secondary N) is 1. The molecule has 3 N–H and O–H groups in total. The van der Waals surface area contributed by atoms with Gasteiger partial charge in [-0.3, -0.25) is 20.5 Å². The van der Waals surface area contributed by atoms with Crippen molar-refractivity contribution in [2.45, 2.75) is 25.3 Å². The third-order valence-corrected chi connectivity index (χ3v) is 4.33. The van der Waals surface area contributed by atoms with Gasteiger partial charge in [0.1, 0.15) is 0 Å². The van der Waals surface area contributed by atoms with E-state index in [1.165, 1.54) is 25.8 Å². The van der Waals surface area contributed by atoms with Gasteiger partial charge >= 0.3 is 0 Å². The quantitative estimate of drug-likeness (QED) is 0.613. The maximum atomic E-state index is 12.6. The minimum absolute atomic E-state index is 0.0243. The highest BCUT2D eigenvalue weighted by atomic mass is 16.2. The van der Waals surface area contributed by atoms with Crippen LogP contribution in [0.25, 0.3) is 0 Å². The first-order chi connectivity index (χ1) is 9.79. The molecule has 20 heavy (non-hydrogen) atoms. The topological polar surface area (TPSA) is 74.5 Å². The second-order valence-electron chi connectivity index (χ2n) is 5.50. The van der Waals surface area contributed by atoms with Gasteiger partial charge in [0.05, 0.1) is 11.3 Å². The number of fused-ring (bicyclic) bond motifs is 1. The first-order valence-electron chi connectivity index (χ1n) is 7.23. The van der Waals surface area contributed by atoms with Crippen molar-refractivity contribution in [3.8, 4) is 0 Å². The molecule has 2 fully saturated rings. The number of hydrogen-bond acceptors (Lipinski definition) is 5. The van der Waals surface area contributed by atoms with E-state index in [1.54, 1.807) is 18.5 Å². The molecule has 0 saturated carbocycles. The Labute approximate surface area is 118 Å². The summed E-state index contributed by atoms with van der Waals surface area (Å²) in [5.74, 6) is 5.49. The summed E-state index contributed by atoms with van der Waals surface area (Å²) in [6, 6.07) is 2.25. The molecule has 1 unspecified atom stereocenters. The van der Waals surface area contributed by atoms with E-state index in [4.69, 9.17) is 5.84 Å². The van der Waals surface area contributed by atoms with Gasteiger partial charge in [-0.2, -0.15) is 0 Å². The van der Waals surface area contributed by atoms with E-state index < -0.39 is 0 Å². The smallest absolute Gasteiger partial charge is 0.257 e. The van der Waals surface area contributed by atoms with Crippen molar-refractivity contribution in [2.75, 3.05) is 31.6 Å². The number of anilines is 1. The van der Waals surface area contributed by atoms with E-state index in [0.717, 1.165) is 19.6 Å². The highest BCUT2D eigenvalue weighted by Crippen LogP contribution is 2.23. The van der Waals surface area contributed by atoms with Crippen LogP contribution in [0, 0.1) is 0 Å². The predicted octanol–water partition coefficient (Wildman–Crippen LogP) is 0.677. The molecule has 3 rings (SSSR count). The number of nitrogens with two attached hydrogens (primary N) is 1. The second kappa shape index (κ2) is 5.76. The Morgan fingerprint density at radius 3 is 3.10 bits per heavy atom. The zero-order valence-corrected chi connectivity index (χ0v) is 11.6. The maximum Gasteiger partial charge on any atom is 0.257 e. The fourth-order valence-corrected chi connectivity index (χ4v) is 3.20. The van der Waals surface area contributed by atoms with E-state index in [9.17, 15) is 4.79 Å². The summed E-state index contributed by atoms with van der Waals surface area (Å²) in [6.45, 7) is 3.75. The summed E-state index contributed by atoms with van der Waals surface area (Å²) in [4.78, 5) is 21.1. The summed E-state index contributed by atoms with van der Waals surface area (Å²) < 4.78 is 0. The number of rotatable bonds is 2. The number of hydrogen-bond donors (Lipinski definition) is 2. The third kappa shape index (κ3) is 2.48. The molecule has 0 aliphatic carbocycles. The largest absolute Gasteiger partial charge is 0.336 e. The van der Waals surface area contributed by atoms with Crippen LogP contribution in [0.5, 0.6) is 0 Å². The highest BCUT2D eigenvalue weighted by molar-refractivity contribution is 5.99. The number of pyridine rings is 1. The molecular weight excluding hydrogens is 254 g/mol. The van der Waals surface area contributed by atoms with E-state index in [2.05, 4.69) is 15.3 Å². The van der Waals surface area contributed by atoms with Gasteiger partial charge in [0.25, 0.3) is 5.91 Å². The van der Waals surface area contributed by atoms with Gasteiger partial charge in [0.2, 0.25) is 0 Å². The fourth-order valence-electron chi connectivity index (χ4n) is 3.20. The Kier molecular flexibility index (Phi) is 3.84. The van der Waals surface area contributed by atoms with Crippen molar-refractivity contribution in [3.63, 3.8) is 0 Å². The average molecular weight is 275 g/mol. The molecule has 0 radical (unpaired) electrons. The number of amides is 1. The van der Waals surface area contributed by atoms with Gasteiger partial charge in [0.15, 0.2) is 0 Å². The molecule has 1 aromatic heterocycles. The minimum atomic E-state index is 0.0243. The molecule has 2 saturated heterocycles. The maximum absolute atomic E-state index is 12.6. The van der Waals surface area contributed by atoms with Crippen LogP contribution in [0.15, 0.2) is 18.5 Å². The van der Waals surface area contributed by atoms with Gasteiger partial charge in [0, 0.05) is 38.1 Å². The van der Waals surface area contributed by atoms with Crippen molar-refractivity contribution in [2.24, 2.45) is 5.84 Å². The van der Waals surface area contributed by atoms with E-state index >= 15 is 0 Å². The molecule has 0 spiro atoms. The monoisotopic (exact) mass is 275 g/mol. The Hall–Kier alpha value is -1.66. The molecule has 1 aromatic rings. The summed E-state index contributed by atoms with van der Waals surface area (Å²) in [7, 11) is 0. The van der Waals surface area contributed by atoms with E-state index in [1.807, 2.05) is 4.90 Å². The van der Waals surface area contributed by atoms with Gasteiger partial charge in [-0.05, 0) is 25.5 Å². The lowest BCUT2D eigenvalue weighted by Gasteiger charge is -2.44. The number of carbonyl (C=O) groups excluding carboxylic acids is 1. The summed E-state index contributed by atoms with van der Waals surface area (Å²) in [5.41, 5.74) is 3.76. The molecule has 1 atom stereocenters. The van der Waals surface area contributed by atoms with Gasteiger partial charge in [-0.1, -0.05) is 6.42 Å².